The quantitative estimate of drug-likeness (QED) is 0.459. The van der Waals surface area contributed by atoms with E-state index >= 15 is 0 Å². The first-order valence-electron chi connectivity index (χ1n) is 10.1. The molecule has 0 radical (unpaired) electrons. The summed E-state index contributed by atoms with van der Waals surface area (Å²) in [5.41, 5.74) is 1.31. The molecule has 2 amide bonds. The standard InChI is InChI=1S/C23H25Cl2N5O3/c1-29(13-14-32-2)22-26-12-11-20(28-22)30(17-7-9-18(33-3)10-8-17)23(31)27-15-16-5-4-6-19(24)21(16)25/h4-12H,13-15H2,1-3H3,(H,27,31). The minimum Gasteiger partial charge on any atom is -0.497 e. The van der Waals surface area contributed by atoms with Crippen LogP contribution >= 0.6 is 23.2 Å². The molecule has 8 nitrogen and oxygen atoms in total. The molecule has 2 aromatic carbocycles. The molecule has 174 valence electrons. The van der Waals surface area contributed by atoms with Crippen molar-refractivity contribution in [1.29, 1.82) is 0 Å². The Kier molecular flexibility index (Phi) is 8.71. The highest BCUT2D eigenvalue weighted by molar-refractivity contribution is 6.42. The molecular formula is C23H25Cl2N5O3. The van der Waals surface area contributed by atoms with Crippen LogP contribution in [0.2, 0.25) is 10.0 Å². The van der Waals surface area contributed by atoms with Crippen molar-refractivity contribution in [1.82, 2.24) is 15.3 Å². The molecular weight excluding hydrogens is 465 g/mol. The number of amides is 2. The molecule has 0 bridgehead atoms. The van der Waals surface area contributed by atoms with Gasteiger partial charge in [-0.05, 0) is 35.9 Å². The van der Waals surface area contributed by atoms with Crippen LogP contribution in [-0.2, 0) is 11.3 Å². The van der Waals surface area contributed by atoms with Crippen LogP contribution in [0.25, 0.3) is 0 Å². The molecule has 0 aliphatic carbocycles. The van der Waals surface area contributed by atoms with Gasteiger partial charge in [-0.15, -0.1) is 0 Å². The van der Waals surface area contributed by atoms with Crippen LogP contribution in [0.4, 0.5) is 22.2 Å². The number of likely N-dealkylation sites (N-methyl/N-ethyl adjacent to an activating group) is 1. The number of carbonyl (C=O) groups excluding carboxylic acids is 1. The number of aromatic nitrogens is 2. The van der Waals surface area contributed by atoms with Gasteiger partial charge in [0.1, 0.15) is 11.6 Å². The number of nitrogens with one attached hydrogen (secondary N) is 1. The number of carbonyl (C=O) groups is 1. The van der Waals surface area contributed by atoms with Crippen LogP contribution in [0.1, 0.15) is 5.56 Å². The summed E-state index contributed by atoms with van der Waals surface area (Å²) in [4.78, 5) is 25.6. The van der Waals surface area contributed by atoms with Crippen LogP contribution in [0.3, 0.4) is 0 Å². The Labute approximate surface area is 203 Å². The fraction of sp³-hybridized carbons (Fsp3) is 0.261. The highest BCUT2D eigenvalue weighted by Crippen LogP contribution is 2.28. The summed E-state index contributed by atoms with van der Waals surface area (Å²) in [6.45, 7) is 1.31. The second-order valence-electron chi connectivity index (χ2n) is 7.03. The summed E-state index contributed by atoms with van der Waals surface area (Å²) in [5.74, 6) is 1.55. The molecule has 0 unspecified atom stereocenters. The van der Waals surface area contributed by atoms with Gasteiger partial charge in [0.2, 0.25) is 5.95 Å². The summed E-state index contributed by atoms with van der Waals surface area (Å²) in [6.07, 6.45) is 1.61. The Morgan fingerprint density at radius 2 is 1.85 bits per heavy atom. The summed E-state index contributed by atoms with van der Waals surface area (Å²) in [5, 5.41) is 3.72. The van der Waals surface area contributed by atoms with E-state index in [2.05, 4.69) is 15.3 Å². The van der Waals surface area contributed by atoms with Gasteiger partial charge in [-0.2, -0.15) is 4.98 Å². The monoisotopic (exact) mass is 489 g/mol. The van der Waals surface area contributed by atoms with Crippen molar-refractivity contribution in [2.24, 2.45) is 0 Å². The number of hydrogen-bond donors (Lipinski definition) is 1. The molecule has 3 rings (SSSR count). The second-order valence-corrected chi connectivity index (χ2v) is 7.82. The molecule has 1 N–H and O–H groups in total. The SMILES string of the molecule is COCCN(C)c1nccc(N(C(=O)NCc2cccc(Cl)c2Cl)c2ccc(OC)cc2)n1. The van der Waals surface area contributed by atoms with Gasteiger partial charge in [0, 0.05) is 39.5 Å². The number of ether oxygens (including phenoxy) is 2. The zero-order valence-electron chi connectivity index (χ0n) is 18.6. The van der Waals surface area contributed by atoms with E-state index in [1.165, 1.54) is 4.90 Å². The lowest BCUT2D eigenvalue weighted by Crippen LogP contribution is -2.37. The lowest BCUT2D eigenvalue weighted by molar-refractivity contribution is 0.206. The Bertz CT molecular complexity index is 1080. The maximum absolute atomic E-state index is 13.3. The first-order chi connectivity index (χ1) is 15.9. The molecule has 0 aliphatic heterocycles. The number of rotatable bonds is 9. The maximum Gasteiger partial charge on any atom is 0.327 e. The van der Waals surface area contributed by atoms with Gasteiger partial charge >= 0.3 is 6.03 Å². The van der Waals surface area contributed by atoms with Crippen LogP contribution in [0.15, 0.2) is 54.7 Å². The van der Waals surface area contributed by atoms with Crippen molar-refractivity contribution in [3.63, 3.8) is 0 Å². The summed E-state index contributed by atoms with van der Waals surface area (Å²) in [6, 6.07) is 13.7. The number of anilines is 3. The van der Waals surface area contributed by atoms with E-state index in [1.54, 1.807) is 68.9 Å². The number of hydrogen-bond acceptors (Lipinski definition) is 6. The first kappa shape index (κ1) is 24.6. The predicted molar refractivity (Wildman–Crippen MR) is 131 cm³/mol. The van der Waals surface area contributed by atoms with E-state index in [-0.39, 0.29) is 12.6 Å². The predicted octanol–water partition coefficient (Wildman–Crippen LogP) is 4.92. The topological polar surface area (TPSA) is 79.8 Å². The smallest absolute Gasteiger partial charge is 0.327 e. The van der Waals surface area contributed by atoms with Crippen LogP contribution in [-0.4, -0.2) is 50.4 Å². The second kappa shape index (κ2) is 11.7. The van der Waals surface area contributed by atoms with Gasteiger partial charge in [0.05, 0.1) is 29.4 Å². The van der Waals surface area contributed by atoms with Gasteiger partial charge in [0.25, 0.3) is 0 Å². The lowest BCUT2D eigenvalue weighted by atomic mass is 10.2. The first-order valence-corrected chi connectivity index (χ1v) is 10.9. The summed E-state index contributed by atoms with van der Waals surface area (Å²) >= 11 is 12.4. The van der Waals surface area contributed by atoms with Crippen molar-refractivity contribution in [3.8, 4) is 5.75 Å². The fourth-order valence-corrected chi connectivity index (χ4v) is 3.38. The van der Waals surface area contributed by atoms with Gasteiger partial charge in [-0.3, -0.25) is 0 Å². The van der Waals surface area contributed by atoms with Gasteiger partial charge in [-0.1, -0.05) is 35.3 Å². The molecule has 0 atom stereocenters. The largest absolute Gasteiger partial charge is 0.497 e. The Balaban J connectivity index is 1.91. The van der Waals surface area contributed by atoms with Crippen molar-refractivity contribution < 1.29 is 14.3 Å². The minimum absolute atomic E-state index is 0.191. The molecule has 3 aromatic rings. The summed E-state index contributed by atoms with van der Waals surface area (Å²) < 4.78 is 10.4. The fourth-order valence-electron chi connectivity index (χ4n) is 3.00. The highest BCUT2D eigenvalue weighted by Gasteiger charge is 2.21. The molecule has 0 saturated carbocycles. The lowest BCUT2D eigenvalue weighted by Gasteiger charge is -2.24. The van der Waals surface area contributed by atoms with Crippen molar-refractivity contribution in [2.75, 3.05) is 44.2 Å². The van der Waals surface area contributed by atoms with E-state index < -0.39 is 0 Å². The molecule has 1 heterocycles. The average Bonchev–Trinajstić information content (AvgIpc) is 2.84. The Hall–Kier alpha value is -3.07. The molecule has 33 heavy (non-hydrogen) atoms. The third-order valence-electron chi connectivity index (χ3n) is 4.82. The number of urea groups is 1. The van der Waals surface area contributed by atoms with Gasteiger partial charge in [0.15, 0.2) is 0 Å². The van der Waals surface area contributed by atoms with E-state index in [0.29, 0.717) is 52.0 Å². The molecule has 0 saturated heterocycles. The normalized spacial score (nSPS) is 10.6. The van der Waals surface area contributed by atoms with Crippen molar-refractivity contribution >= 4 is 46.7 Å². The zero-order valence-corrected chi connectivity index (χ0v) is 20.1. The van der Waals surface area contributed by atoms with E-state index in [9.17, 15) is 4.79 Å². The van der Waals surface area contributed by atoms with E-state index in [1.807, 2.05) is 11.9 Å². The van der Waals surface area contributed by atoms with Crippen molar-refractivity contribution in [2.45, 2.75) is 6.54 Å². The third-order valence-corrected chi connectivity index (χ3v) is 5.68. The van der Waals surface area contributed by atoms with Crippen LogP contribution in [0, 0.1) is 0 Å². The Morgan fingerprint density at radius 1 is 1.09 bits per heavy atom. The number of benzene rings is 2. The third kappa shape index (κ3) is 6.25. The van der Waals surface area contributed by atoms with Gasteiger partial charge in [-0.25, -0.2) is 14.7 Å². The molecule has 10 heteroatoms. The zero-order chi connectivity index (χ0) is 23.8. The van der Waals surface area contributed by atoms with Gasteiger partial charge < -0.3 is 19.7 Å². The Morgan fingerprint density at radius 3 is 2.55 bits per heavy atom. The summed E-state index contributed by atoms with van der Waals surface area (Å²) in [7, 11) is 5.07. The molecule has 0 fully saturated rings. The number of methoxy groups -OCH3 is 2. The number of nitrogens with zero attached hydrogens (tertiary/aromatic N) is 4. The minimum atomic E-state index is -0.389. The van der Waals surface area contributed by atoms with E-state index in [0.717, 1.165) is 0 Å². The molecule has 1 aromatic heterocycles. The van der Waals surface area contributed by atoms with E-state index in [4.69, 9.17) is 32.7 Å². The van der Waals surface area contributed by atoms with Crippen LogP contribution in [0.5, 0.6) is 5.75 Å². The van der Waals surface area contributed by atoms with Crippen molar-refractivity contribution in [3.05, 3.63) is 70.3 Å². The average molecular weight is 490 g/mol. The molecule has 0 spiro atoms. The molecule has 0 aliphatic rings. The number of halogens is 2. The highest BCUT2D eigenvalue weighted by atomic mass is 35.5. The van der Waals surface area contributed by atoms with Crippen LogP contribution < -0.4 is 19.9 Å². The maximum atomic E-state index is 13.3.